The molecule has 188 valence electrons. The van der Waals surface area contributed by atoms with Crippen LogP contribution in [0.25, 0.3) is 0 Å². The van der Waals surface area contributed by atoms with Gasteiger partial charge in [-0.25, -0.2) is 0 Å². The van der Waals surface area contributed by atoms with Gasteiger partial charge in [-0.15, -0.1) is 0 Å². The Morgan fingerprint density at radius 3 is 1.18 bits per heavy atom. The predicted octanol–water partition coefficient (Wildman–Crippen LogP) is 4.14. The molecule has 0 bridgehead atoms. The second kappa shape index (κ2) is 8.14. The fraction of sp³-hybridized carbons (Fsp3) is 1.00. The van der Waals surface area contributed by atoms with Crippen molar-refractivity contribution in [1.29, 1.82) is 0 Å². The van der Waals surface area contributed by atoms with E-state index in [2.05, 4.69) is 6.92 Å². The maximum absolute atomic E-state index is 6.17. The van der Waals surface area contributed by atoms with E-state index in [1.165, 1.54) is 0 Å². The maximum atomic E-state index is 6.17. The van der Waals surface area contributed by atoms with Crippen LogP contribution in [0, 0.1) is 21.7 Å². The fourth-order valence-corrected chi connectivity index (χ4v) is 10.1. The van der Waals surface area contributed by atoms with E-state index in [0.717, 1.165) is 84.0 Å². The second-order valence-corrected chi connectivity index (χ2v) is 12.3. The zero-order valence-electron chi connectivity index (χ0n) is 21.1. The van der Waals surface area contributed by atoms with E-state index in [-0.39, 0.29) is 21.7 Å². The summed E-state index contributed by atoms with van der Waals surface area (Å²) in [5, 5.41) is 0. The number of ether oxygens (including phenoxy) is 6. The van der Waals surface area contributed by atoms with Gasteiger partial charge in [0, 0.05) is 37.6 Å². The van der Waals surface area contributed by atoms with Gasteiger partial charge in [0.05, 0.1) is 56.4 Å². The molecule has 6 rings (SSSR count). The molecular formula is C27H44O6. The molecular weight excluding hydrogens is 420 g/mol. The molecule has 0 spiro atoms. The first kappa shape index (κ1) is 23.2. The van der Waals surface area contributed by atoms with Gasteiger partial charge in [0.2, 0.25) is 0 Å². The van der Waals surface area contributed by atoms with Crippen molar-refractivity contribution >= 4 is 0 Å². The Morgan fingerprint density at radius 2 is 0.939 bits per heavy atom. The van der Waals surface area contributed by atoms with Crippen LogP contribution in [-0.2, 0) is 28.4 Å². The van der Waals surface area contributed by atoms with Gasteiger partial charge >= 0.3 is 0 Å². The molecule has 0 aromatic heterocycles. The van der Waals surface area contributed by atoms with Crippen molar-refractivity contribution in [3.05, 3.63) is 0 Å². The van der Waals surface area contributed by atoms with Gasteiger partial charge in [-0.1, -0.05) is 6.92 Å². The van der Waals surface area contributed by atoms with Crippen molar-refractivity contribution in [2.45, 2.75) is 108 Å². The van der Waals surface area contributed by atoms with Crippen molar-refractivity contribution in [1.82, 2.24) is 0 Å². The van der Waals surface area contributed by atoms with Gasteiger partial charge in [-0.2, -0.15) is 0 Å². The highest BCUT2D eigenvalue weighted by atomic mass is 16.6. The van der Waals surface area contributed by atoms with Crippen molar-refractivity contribution in [3.63, 3.8) is 0 Å². The molecule has 3 saturated carbocycles. The minimum Gasteiger partial charge on any atom is -0.384 e. The monoisotopic (exact) mass is 464 g/mol. The van der Waals surface area contributed by atoms with Crippen LogP contribution in [0.15, 0.2) is 0 Å². The lowest BCUT2D eigenvalue weighted by molar-refractivity contribution is -0.254. The van der Waals surface area contributed by atoms with E-state index >= 15 is 0 Å². The van der Waals surface area contributed by atoms with E-state index in [1.54, 1.807) is 0 Å². The van der Waals surface area contributed by atoms with Gasteiger partial charge < -0.3 is 28.4 Å². The zero-order valence-corrected chi connectivity index (χ0v) is 21.1. The molecule has 9 atom stereocenters. The predicted molar refractivity (Wildman–Crippen MR) is 123 cm³/mol. The molecule has 33 heavy (non-hydrogen) atoms. The van der Waals surface area contributed by atoms with Gasteiger partial charge in [0.1, 0.15) is 0 Å². The first-order chi connectivity index (χ1) is 16.0. The molecule has 3 heterocycles. The quantitative estimate of drug-likeness (QED) is 0.453. The minimum atomic E-state index is -0.000208. The van der Waals surface area contributed by atoms with E-state index in [0.29, 0.717) is 36.6 Å². The van der Waals surface area contributed by atoms with Crippen LogP contribution in [0.2, 0.25) is 0 Å². The molecule has 6 fully saturated rings. The maximum Gasteiger partial charge on any atom is 0.0848 e. The summed E-state index contributed by atoms with van der Waals surface area (Å²) >= 11 is 0. The van der Waals surface area contributed by atoms with E-state index < -0.39 is 0 Å². The van der Waals surface area contributed by atoms with Gasteiger partial charge in [-0.3, -0.25) is 0 Å². The van der Waals surface area contributed by atoms with Crippen LogP contribution in [0.1, 0.15) is 71.1 Å². The Hall–Kier alpha value is -0.240. The molecule has 3 saturated heterocycles. The molecule has 0 N–H and O–H groups in total. The van der Waals surface area contributed by atoms with E-state index in [9.17, 15) is 0 Å². The lowest BCUT2D eigenvalue weighted by Gasteiger charge is -2.70. The highest BCUT2D eigenvalue weighted by Crippen LogP contribution is 2.76. The van der Waals surface area contributed by atoms with Crippen LogP contribution in [0.5, 0.6) is 0 Å². The molecule has 0 radical (unpaired) electrons. The average Bonchev–Trinajstić information content (AvgIpc) is 3.68. The number of hydrogen-bond acceptors (Lipinski definition) is 6. The average molecular weight is 465 g/mol. The standard InChI is InChI=1S/C27H44O6/c1-5-27(24(15-28-2)9-6-18-21(12-24)31-18,25(16-29-3)10-7-19-22(13-25)32-19)26(17-30-4)11-8-20-23(14-26)33-20/h18-23H,5-17H2,1-4H3. The van der Waals surface area contributed by atoms with Crippen LogP contribution < -0.4 is 0 Å². The lowest BCUT2D eigenvalue weighted by atomic mass is 9.34. The first-order valence-electron chi connectivity index (χ1n) is 13.4. The number of fused-ring (bicyclic) bond motifs is 3. The molecule has 9 unspecified atom stereocenters. The number of methoxy groups -OCH3 is 3. The third-order valence-corrected chi connectivity index (χ3v) is 11.1. The second-order valence-electron chi connectivity index (χ2n) is 12.3. The summed E-state index contributed by atoms with van der Waals surface area (Å²) in [6.45, 7) is 4.81. The van der Waals surface area contributed by atoms with Gasteiger partial charge in [-0.05, 0) is 69.6 Å². The first-order valence-corrected chi connectivity index (χ1v) is 13.4. The summed E-state index contributed by atoms with van der Waals surface area (Å²) in [6.07, 6.45) is 13.9. The van der Waals surface area contributed by atoms with Crippen LogP contribution in [0.4, 0.5) is 0 Å². The molecule has 0 aromatic rings. The highest BCUT2D eigenvalue weighted by molar-refractivity contribution is 5.23. The Bertz CT molecular complexity index is 651. The molecule has 0 aromatic carbocycles. The fourth-order valence-electron chi connectivity index (χ4n) is 10.1. The SMILES string of the molecule is CCC(C1(COC)CCC2OC2C1)(C1(COC)CCC2OC2C1)C1(COC)CCC2OC2C1. The molecule has 0 amide bonds. The minimum absolute atomic E-state index is 0.000208. The zero-order chi connectivity index (χ0) is 22.9. The van der Waals surface area contributed by atoms with Gasteiger partial charge in [0.25, 0.3) is 0 Å². The topological polar surface area (TPSA) is 65.3 Å². The summed E-state index contributed by atoms with van der Waals surface area (Å²) in [4.78, 5) is 0. The molecule has 3 aliphatic carbocycles. The highest BCUT2D eigenvalue weighted by Gasteiger charge is 2.75. The van der Waals surface area contributed by atoms with Crippen LogP contribution in [0.3, 0.4) is 0 Å². The lowest BCUT2D eigenvalue weighted by Crippen LogP contribution is -2.68. The van der Waals surface area contributed by atoms with Crippen molar-refractivity contribution < 1.29 is 28.4 Å². The van der Waals surface area contributed by atoms with Crippen LogP contribution in [-0.4, -0.2) is 77.8 Å². The number of rotatable bonds is 10. The Balaban J connectivity index is 1.55. The third-order valence-electron chi connectivity index (χ3n) is 11.1. The summed E-state index contributed by atoms with van der Waals surface area (Å²) < 4.78 is 37.0. The summed E-state index contributed by atoms with van der Waals surface area (Å²) in [7, 11) is 5.70. The van der Waals surface area contributed by atoms with Crippen molar-refractivity contribution in [2.24, 2.45) is 21.7 Å². The third kappa shape index (κ3) is 3.27. The largest absolute Gasteiger partial charge is 0.384 e. The molecule has 6 heteroatoms. The van der Waals surface area contributed by atoms with Crippen molar-refractivity contribution in [3.8, 4) is 0 Å². The molecule has 6 aliphatic rings. The number of epoxide rings is 3. The molecule has 3 aliphatic heterocycles. The Kier molecular flexibility index (Phi) is 5.72. The smallest absolute Gasteiger partial charge is 0.0848 e. The summed E-state index contributed by atoms with van der Waals surface area (Å²) in [5.41, 5.74) is 0.109. The summed E-state index contributed by atoms with van der Waals surface area (Å²) in [5.74, 6) is 0. The number of hydrogen-bond donors (Lipinski definition) is 0. The Labute approximate surface area is 199 Å². The molecule has 6 nitrogen and oxygen atoms in total. The van der Waals surface area contributed by atoms with E-state index in [1.807, 2.05) is 21.3 Å². The van der Waals surface area contributed by atoms with Crippen LogP contribution >= 0.6 is 0 Å². The normalized spacial score (nSPS) is 51.6. The van der Waals surface area contributed by atoms with Gasteiger partial charge in [0.15, 0.2) is 0 Å². The Morgan fingerprint density at radius 1 is 0.606 bits per heavy atom. The van der Waals surface area contributed by atoms with Crippen molar-refractivity contribution in [2.75, 3.05) is 41.2 Å². The van der Waals surface area contributed by atoms with E-state index in [4.69, 9.17) is 28.4 Å². The summed E-state index contributed by atoms with van der Waals surface area (Å²) in [6, 6.07) is 0.